The summed E-state index contributed by atoms with van der Waals surface area (Å²) < 4.78 is 42.8. The molecular formula is C17H13F3N4OS. The molecule has 1 aromatic carbocycles. The predicted octanol–water partition coefficient (Wildman–Crippen LogP) is 3.96. The topological polar surface area (TPSA) is 51.9 Å². The average molecular weight is 378 g/mol. The lowest BCUT2D eigenvalue weighted by Gasteiger charge is -2.09. The Morgan fingerprint density at radius 1 is 1.23 bits per heavy atom. The van der Waals surface area contributed by atoms with E-state index in [1.165, 1.54) is 23.5 Å². The number of amides is 1. The van der Waals surface area contributed by atoms with Gasteiger partial charge in [-0.1, -0.05) is 0 Å². The van der Waals surface area contributed by atoms with Crippen LogP contribution < -0.4 is 5.32 Å². The lowest BCUT2D eigenvalue weighted by Crippen LogP contribution is -2.16. The Balaban J connectivity index is 1.97. The van der Waals surface area contributed by atoms with E-state index in [2.05, 4.69) is 10.4 Å². The number of fused-ring (bicyclic) bond motifs is 3. The van der Waals surface area contributed by atoms with Crippen LogP contribution in [0.5, 0.6) is 0 Å². The maximum atomic E-state index is 12.8. The summed E-state index contributed by atoms with van der Waals surface area (Å²) in [7, 11) is 3.33. The minimum absolute atomic E-state index is 0.206. The normalized spacial score (nSPS) is 12.2. The summed E-state index contributed by atoms with van der Waals surface area (Å²) in [4.78, 5) is 12.5. The Labute approximate surface area is 149 Å². The number of carbonyl (C=O) groups is 1. The lowest BCUT2D eigenvalue weighted by molar-refractivity contribution is -0.137. The minimum Gasteiger partial charge on any atom is -0.354 e. The molecule has 3 aromatic heterocycles. The molecule has 0 unspecified atom stereocenters. The highest BCUT2D eigenvalue weighted by molar-refractivity contribution is 7.21. The third kappa shape index (κ3) is 2.47. The van der Waals surface area contributed by atoms with Crippen LogP contribution in [0.15, 0.2) is 36.5 Å². The summed E-state index contributed by atoms with van der Waals surface area (Å²) in [6, 6.07) is 6.64. The third-order valence-electron chi connectivity index (χ3n) is 4.12. The first-order valence-electron chi connectivity index (χ1n) is 7.67. The molecule has 0 aliphatic heterocycles. The van der Waals surface area contributed by atoms with Gasteiger partial charge in [-0.3, -0.25) is 14.0 Å². The molecule has 0 saturated heterocycles. The number of aryl methyl sites for hydroxylation is 1. The van der Waals surface area contributed by atoms with E-state index in [4.69, 9.17) is 0 Å². The van der Waals surface area contributed by atoms with Gasteiger partial charge in [-0.25, -0.2) is 0 Å². The van der Waals surface area contributed by atoms with Crippen molar-refractivity contribution >= 4 is 38.5 Å². The second-order valence-electron chi connectivity index (χ2n) is 5.82. The molecule has 5 nitrogen and oxygen atoms in total. The number of alkyl halides is 3. The molecule has 4 aromatic rings. The Morgan fingerprint density at radius 3 is 2.54 bits per heavy atom. The predicted molar refractivity (Wildman–Crippen MR) is 93.8 cm³/mol. The maximum absolute atomic E-state index is 12.8. The largest absolute Gasteiger partial charge is 0.416 e. The number of carbonyl (C=O) groups excluding carboxylic acids is 1. The van der Waals surface area contributed by atoms with Crippen molar-refractivity contribution in [3.05, 3.63) is 47.0 Å². The van der Waals surface area contributed by atoms with Gasteiger partial charge in [-0.2, -0.15) is 18.3 Å². The van der Waals surface area contributed by atoms with Crippen LogP contribution in [-0.4, -0.2) is 27.3 Å². The molecular weight excluding hydrogens is 365 g/mol. The Hall–Kier alpha value is -2.81. The Bertz CT molecular complexity index is 1140. The van der Waals surface area contributed by atoms with Crippen molar-refractivity contribution in [3.8, 4) is 5.69 Å². The van der Waals surface area contributed by atoms with E-state index < -0.39 is 11.7 Å². The maximum Gasteiger partial charge on any atom is 0.416 e. The van der Waals surface area contributed by atoms with E-state index in [0.717, 1.165) is 27.7 Å². The second-order valence-corrected chi connectivity index (χ2v) is 6.88. The van der Waals surface area contributed by atoms with Crippen molar-refractivity contribution in [2.75, 3.05) is 7.05 Å². The van der Waals surface area contributed by atoms with Gasteiger partial charge in [0.1, 0.15) is 0 Å². The van der Waals surface area contributed by atoms with E-state index in [-0.39, 0.29) is 5.91 Å². The van der Waals surface area contributed by atoms with Crippen molar-refractivity contribution in [1.29, 1.82) is 0 Å². The van der Waals surface area contributed by atoms with Gasteiger partial charge in [0.05, 0.1) is 26.0 Å². The van der Waals surface area contributed by atoms with Crippen LogP contribution in [0.2, 0.25) is 0 Å². The summed E-state index contributed by atoms with van der Waals surface area (Å²) in [5.41, 5.74) is 1.22. The van der Waals surface area contributed by atoms with Crippen LogP contribution in [0.1, 0.15) is 15.2 Å². The summed E-state index contributed by atoms with van der Waals surface area (Å²) >= 11 is 1.33. The van der Waals surface area contributed by atoms with Crippen molar-refractivity contribution in [3.63, 3.8) is 0 Å². The van der Waals surface area contributed by atoms with Crippen molar-refractivity contribution in [1.82, 2.24) is 19.7 Å². The van der Waals surface area contributed by atoms with Crippen molar-refractivity contribution < 1.29 is 18.0 Å². The van der Waals surface area contributed by atoms with Crippen LogP contribution in [0.3, 0.4) is 0 Å². The molecule has 0 atom stereocenters. The summed E-state index contributed by atoms with van der Waals surface area (Å²) in [5.74, 6) is -0.206. The summed E-state index contributed by atoms with van der Waals surface area (Å²) in [6.07, 6.45) is -2.55. The summed E-state index contributed by atoms with van der Waals surface area (Å²) in [6.45, 7) is 0. The zero-order valence-corrected chi connectivity index (χ0v) is 14.6. The van der Waals surface area contributed by atoms with Gasteiger partial charge < -0.3 is 5.32 Å². The SMILES string of the molecule is CNC(=O)c1cc2c(s1)c1cn(C)nc1n2-c1ccc(C(F)(F)F)cc1. The highest BCUT2D eigenvalue weighted by Gasteiger charge is 2.30. The van der Waals surface area contributed by atoms with Crippen molar-refractivity contribution in [2.45, 2.75) is 6.18 Å². The van der Waals surface area contributed by atoms with Gasteiger partial charge >= 0.3 is 6.18 Å². The van der Waals surface area contributed by atoms with Gasteiger partial charge in [0.25, 0.3) is 5.91 Å². The third-order valence-corrected chi connectivity index (χ3v) is 5.28. The number of hydrogen-bond donors (Lipinski definition) is 1. The molecule has 0 spiro atoms. The number of rotatable bonds is 2. The molecule has 26 heavy (non-hydrogen) atoms. The number of hydrogen-bond acceptors (Lipinski definition) is 3. The van der Waals surface area contributed by atoms with Crippen LogP contribution in [0.4, 0.5) is 13.2 Å². The summed E-state index contributed by atoms with van der Waals surface area (Å²) in [5, 5.41) is 7.86. The molecule has 0 bridgehead atoms. The van der Waals surface area contributed by atoms with Gasteiger partial charge in [-0.15, -0.1) is 11.3 Å². The Morgan fingerprint density at radius 2 is 1.92 bits per heavy atom. The number of thiophene rings is 1. The molecule has 1 N–H and O–H groups in total. The standard InChI is InChI=1S/C17H13F3N4OS/c1-21-16(25)13-7-12-14(26-13)11-8-23(2)22-15(11)24(12)10-5-3-9(4-6-10)17(18,19)20/h3-8H,1-2H3,(H,21,25). The van der Waals surface area contributed by atoms with Gasteiger partial charge in [0.2, 0.25) is 0 Å². The van der Waals surface area contributed by atoms with Gasteiger partial charge in [0, 0.05) is 26.0 Å². The zero-order chi connectivity index (χ0) is 18.6. The quantitative estimate of drug-likeness (QED) is 0.574. The molecule has 0 radical (unpaired) electrons. The van der Waals surface area contributed by atoms with Crippen LogP contribution >= 0.6 is 11.3 Å². The fourth-order valence-electron chi connectivity index (χ4n) is 2.95. The monoisotopic (exact) mass is 378 g/mol. The first kappa shape index (κ1) is 16.6. The molecule has 1 amide bonds. The fourth-order valence-corrected chi connectivity index (χ4v) is 4.05. The number of benzene rings is 1. The number of halogens is 3. The molecule has 0 aliphatic carbocycles. The molecule has 4 rings (SSSR count). The highest BCUT2D eigenvalue weighted by Crippen LogP contribution is 2.37. The minimum atomic E-state index is -4.39. The van der Waals surface area contributed by atoms with E-state index in [1.807, 2.05) is 6.20 Å². The van der Waals surface area contributed by atoms with Crippen LogP contribution in [0, 0.1) is 0 Å². The van der Waals surface area contributed by atoms with Gasteiger partial charge in [0.15, 0.2) is 5.65 Å². The van der Waals surface area contributed by atoms with Crippen LogP contribution in [0.25, 0.3) is 26.9 Å². The molecule has 3 heterocycles. The molecule has 0 fully saturated rings. The van der Waals surface area contributed by atoms with E-state index in [9.17, 15) is 18.0 Å². The molecule has 0 aliphatic rings. The Kier molecular flexibility index (Phi) is 3.58. The first-order chi connectivity index (χ1) is 12.3. The fraction of sp³-hybridized carbons (Fsp3) is 0.176. The average Bonchev–Trinajstić information content (AvgIpc) is 3.23. The van der Waals surface area contributed by atoms with E-state index in [1.54, 1.807) is 29.4 Å². The molecule has 134 valence electrons. The lowest BCUT2D eigenvalue weighted by atomic mass is 10.2. The van der Waals surface area contributed by atoms with Gasteiger partial charge in [-0.05, 0) is 30.3 Å². The van der Waals surface area contributed by atoms with E-state index >= 15 is 0 Å². The van der Waals surface area contributed by atoms with Crippen LogP contribution in [-0.2, 0) is 13.2 Å². The number of aromatic nitrogens is 3. The second kappa shape index (κ2) is 5.60. The first-order valence-corrected chi connectivity index (χ1v) is 8.48. The smallest absolute Gasteiger partial charge is 0.354 e. The highest BCUT2D eigenvalue weighted by atomic mass is 32.1. The molecule has 0 saturated carbocycles. The van der Waals surface area contributed by atoms with Crippen molar-refractivity contribution in [2.24, 2.45) is 7.05 Å². The number of nitrogens with zero attached hydrogens (tertiary/aromatic N) is 3. The number of nitrogens with one attached hydrogen (secondary N) is 1. The zero-order valence-electron chi connectivity index (χ0n) is 13.8. The van der Waals surface area contributed by atoms with E-state index in [0.29, 0.717) is 16.2 Å². The molecule has 9 heteroatoms.